The van der Waals surface area contributed by atoms with Crippen LogP contribution in [0.3, 0.4) is 0 Å². The summed E-state index contributed by atoms with van der Waals surface area (Å²) in [5.74, 6) is 1.09. The van der Waals surface area contributed by atoms with Crippen molar-refractivity contribution in [3.8, 4) is 0 Å². The number of benzene rings is 2. The van der Waals surface area contributed by atoms with Crippen LogP contribution in [0.2, 0.25) is 0 Å². The van der Waals surface area contributed by atoms with Gasteiger partial charge >= 0.3 is 0 Å². The van der Waals surface area contributed by atoms with Crippen LogP contribution < -0.4 is 5.32 Å². The van der Waals surface area contributed by atoms with Crippen molar-refractivity contribution in [3.05, 3.63) is 83.9 Å². The van der Waals surface area contributed by atoms with E-state index in [-0.39, 0.29) is 17.2 Å². The summed E-state index contributed by atoms with van der Waals surface area (Å²) in [5.41, 5.74) is 2.63. The summed E-state index contributed by atoms with van der Waals surface area (Å²) in [6.07, 6.45) is 1.79. The van der Waals surface area contributed by atoms with Crippen molar-refractivity contribution in [2.75, 3.05) is 16.8 Å². The summed E-state index contributed by atoms with van der Waals surface area (Å²) >= 11 is 4.46. The van der Waals surface area contributed by atoms with Crippen molar-refractivity contribution >= 4 is 51.8 Å². The highest BCUT2D eigenvalue weighted by atomic mass is 32.2. The molecule has 6 nitrogen and oxygen atoms in total. The van der Waals surface area contributed by atoms with E-state index in [1.807, 2.05) is 47.4 Å². The second-order valence-electron chi connectivity index (χ2n) is 6.72. The summed E-state index contributed by atoms with van der Waals surface area (Å²) in [5, 5.41) is 11.2. The van der Waals surface area contributed by atoms with Crippen molar-refractivity contribution in [1.29, 1.82) is 0 Å². The van der Waals surface area contributed by atoms with Crippen LogP contribution in [0.25, 0.3) is 0 Å². The lowest BCUT2D eigenvalue weighted by Gasteiger charge is -2.24. The van der Waals surface area contributed by atoms with Crippen LogP contribution in [-0.2, 0) is 11.3 Å². The van der Waals surface area contributed by atoms with Crippen molar-refractivity contribution in [3.63, 3.8) is 0 Å². The molecule has 1 saturated heterocycles. The average Bonchev–Trinajstić information content (AvgIpc) is 3.39. The van der Waals surface area contributed by atoms with Gasteiger partial charge in [-0.1, -0.05) is 71.6 Å². The van der Waals surface area contributed by atoms with Crippen molar-refractivity contribution in [2.24, 2.45) is 0 Å². The molecule has 1 N–H and O–H groups in total. The van der Waals surface area contributed by atoms with E-state index in [0.717, 1.165) is 21.2 Å². The molecule has 0 bridgehead atoms. The minimum atomic E-state index is -0.237. The number of carbonyl (C=O) groups is 2. The Hall–Kier alpha value is -2.62. The van der Waals surface area contributed by atoms with Gasteiger partial charge in [0.25, 0.3) is 5.91 Å². The lowest BCUT2D eigenvalue weighted by Crippen LogP contribution is -2.27. The van der Waals surface area contributed by atoms with E-state index in [4.69, 9.17) is 0 Å². The maximum atomic E-state index is 12.6. The minimum Gasteiger partial charge on any atom is -0.322 e. The monoisotopic (exact) mass is 468 g/mol. The first-order valence-electron chi connectivity index (χ1n) is 9.57. The van der Waals surface area contributed by atoms with Crippen LogP contribution in [0.15, 0.2) is 71.6 Å². The molecule has 31 heavy (non-hydrogen) atoms. The third-order valence-corrected chi connectivity index (χ3v) is 7.80. The van der Waals surface area contributed by atoms with Gasteiger partial charge in [0.15, 0.2) is 4.34 Å². The van der Waals surface area contributed by atoms with Crippen LogP contribution >= 0.6 is 34.9 Å². The first kappa shape index (κ1) is 21.6. The van der Waals surface area contributed by atoms with Crippen LogP contribution in [0.4, 0.5) is 5.13 Å². The largest absolute Gasteiger partial charge is 0.322 e. The third kappa shape index (κ3) is 5.36. The van der Waals surface area contributed by atoms with Gasteiger partial charge in [-0.2, -0.15) is 0 Å². The van der Waals surface area contributed by atoms with Crippen LogP contribution in [0, 0.1) is 0 Å². The van der Waals surface area contributed by atoms with Gasteiger partial charge in [-0.25, -0.2) is 0 Å². The molecule has 0 radical (unpaired) electrons. The Morgan fingerprint density at radius 3 is 2.71 bits per heavy atom. The van der Waals surface area contributed by atoms with Gasteiger partial charge in [-0.3, -0.25) is 14.9 Å². The zero-order valence-corrected chi connectivity index (χ0v) is 19.0. The predicted octanol–water partition coefficient (Wildman–Crippen LogP) is 4.84. The molecule has 2 heterocycles. The predicted molar refractivity (Wildman–Crippen MR) is 127 cm³/mol. The topological polar surface area (TPSA) is 75.2 Å². The molecule has 2 amide bonds. The molecule has 1 fully saturated rings. The number of nitrogens with zero attached hydrogens (tertiary/aromatic N) is 3. The SMILES string of the molecule is C=CCSc1nnc(NC(=O)c2ccc([C@@H]3SCC(=O)N3Cc3ccccc3)cc2)s1. The molecular weight excluding hydrogens is 448 g/mol. The van der Waals surface area contributed by atoms with E-state index in [0.29, 0.717) is 23.0 Å². The van der Waals surface area contributed by atoms with Crippen LogP contribution in [0.1, 0.15) is 26.9 Å². The van der Waals surface area contributed by atoms with Gasteiger partial charge in [0, 0.05) is 17.9 Å². The lowest BCUT2D eigenvalue weighted by atomic mass is 10.1. The van der Waals surface area contributed by atoms with Crippen molar-refractivity contribution < 1.29 is 9.59 Å². The van der Waals surface area contributed by atoms with E-state index in [1.165, 1.54) is 23.1 Å². The van der Waals surface area contributed by atoms with Crippen molar-refractivity contribution in [2.45, 2.75) is 16.3 Å². The van der Waals surface area contributed by atoms with Gasteiger partial charge in [0.1, 0.15) is 5.37 Å². The molecule has 0 spiro atoms. The normalized spacial score (nSPS) is 15.8. The minimum absolute atomic E-state index is 0.0579. The zero-order chi connectivity index (χ0) is 21.6. The number of rotatable bonds is 8. The molecule has 9 heteroatoms. The highest BCUT2D eigenvalue weighted by molar-refractivity contribution is 8.01. The van der Waals surface area contributed by atoms with E-state index < -0.39 is 0 Å². The molecule has 4 rings (SSSR count). The highest BCUT2D eigenvalue weighted by Gasteiger charge is 2.32. The zero-order valence-electron chi connectivity index (χ0n) is 16.6. The van der Waals surface area contributed by atoms with E-state index in [1.54, 1.807) is 30.0 Å². The summed E-state index contributed by atoms with van der Waals surface area (Å²) in [6.45, 7) is 4.25. The second kappa shape index (κ2) is 10.1. The van der Waals surface area contributed by atoms with Crippen molar-refractivity contribution in [1.82, 2.24) is 15.1 Å². The quantitative estimate of drug-likeness (QED) is 0.290. The molecule has 0 aliphatic carbocycles. The lowest BCUT2D eigenvalue weighted by molar-refractivity contribution is -0.128. The third-order valence-electron chi connectivity index (χ3n) is 4.57. The molecule has 0 saturated carbocycles. The Bertz CT molecular complexity index is 1070. The van der Waals surface area contributed by atoms with E-state index in [9.17, 15) is 9.59 Å². The molecular formula is C22H20N4O2S3. The Morgan fingerprint density at radius 2 is 1.97 bits per heavy atom. The molecule has 1 aliphatic heterocycles. The van der Waals surface area contributed by atoms with Gasteiger partial charge in [0.05, 0.1) is 5.75 Å². The van der Waals surface area contributed by atoms with Gasteiger partial charge in [-0.05, 0) is 23.3 Å². The fraction of sp³-hybridized carbons (Fsp3) is 0.182. The standard InChI is InChI=1S/C22H20N4O2S3/c1-2-12-29-22-25-24-21(31-22)23-19(28)16-8-10-17(11-9-16)20-26(18(27)14-30-20)13-15-6-4-3-5-7-15/h2-11,20H,1,12-14H2,(H,23,24,28)/t20-/m0/s1. The number of thioether (sulfide) groups is 2. The fourth-order valence-corrected chi connectivity index (χ4v) is 5.79. The number of carbonyl (C=O) groups excluding carboxylic acids is 2. The first-order valence-corrected chi connectivity index (χ1v) is 12.4. The van der Waals surface area contributed by atoms with Gasteiger partial charge in [0.2, 0.25) is 11.0 Å². The molecule has 1 atom stereocenters. The number of anilines is 1. The summed E-state index contributed by atoms with van der Waals surface area (Å²) in [4.78, 5) is 26.9. The maximum Gasteiger partial charge on any atom is 0.257 e. The highest BCUT2D eigenvalue weighted by Crippen LogP contribution is 2.39. The first-order chi connectivity index (χ1) is 15.1. The number of aromatic nitrogens is 2. The number of nitrogens with one attached hydrogen (secondary N) is 1. The molecule has 1 aliphatic rings. The smallest absolute Gasteiger partial charge is 0.257 e. The van der Waals surface area contributed by atoms with Gasteiger partial charge in [-0.15, -0.1) is 28.5 Å². The van der Waals surface area contributed by atoms with Crippen LogP contribution in [-0.4, -0.2) is 38.4 Å². The van der Waals surface area contributed by atoms with E-state index in [2.05, 4.69) is 22.1 Å². The van der Waals surface area contributed by atoms with Crippen LogP contribution in [0.5, 0.6) is 0 Å². The molecule has 2 aromatic carbocycles. The second-order valence-corrected chi connectivity index (χ2v) is 10.0. The molecule has 3 aromatic rings. The van der Waals surface area contributed by atoms with Gasteiger partial charge < -0.3 is 4.90 Å². The maximum absolute atomic E-state index is 12.6. The van der Waals surface area contributed by atoms with E-state index >= 15 is 0 Å². The number of hydrogen-bond acceptors (Lipinski definition) is 7. The summed E-state index contributed by atoms with van der Waals surface area (Å²) in [6, 6.07) is 17.4. The molecule has 158 valence electrons. The number of amides is 2. The fourth-order valence-electron chi connectivity index (χ4n) is 3.10. The Labute approximate surface area is 193 Å². The molecule has 1 aromatic heterocycles. The average molecular weight is 469 g/mol. The summed E-state index contributed by atoms with van der Waals surface area (Å²) < 4.78 is 0.784. The Kier molecular flexibility index (Phi) is 7.06. The molecule has 0 unspecified atom stereocenters. The number of hydrogen-bond donors (Lipinski definition) is 1. The Morgan fingerprint density at radius 1 is 1.19 bits per heavy atom. The Balaban J connectivity index is 1.42. The summed E-state index contributed by atoms with van der Waals surface area (Å²) in [7, 11) is 0.